The summed E-state index contributed by atoms with van der Waals surface area (Å²) in [6.07, 6.45) is 2.70. The van der Waals surface area contributed by atoms with Crippen LogP contribution >= 0.6 is 0 Å². The van der Waals surface area contributed by atoms with Gasteiger partial charge in [0.25, 0.3) is 0 Å². The number of pyridine rings is 1. The molecule has 1 aromatic heterocycles. The van der Waals surface area contributed by atoms with Gasteiger partial charge in [0.2, 0.25) is 11.8 Å². The van der Waals surface area contributed by atoms with Gasteiger partial charge in [-0.05, 0) is 6.07 Å². The zero-order chi connectivity index (χ0) is 11.3. The van der Waals surface area contributed by atoms with Gasteiger partial charge in [0.15, 0.2) is 0 Å². The van der Waals surface area contributed by atoms with E-state index in [1.807, 2.05) is 0 Å². The number of amides is 2. The summed E-state index contributed by atoms with van der Waals surface area (Å²) >= 11 is 0. The Morgan fingerprint density at radius 1 is 1.27 bits per heavy atom. The van der Waals surface area contributed by atoms with Crippen LogP contribution in [0.15, 0.2) is 24.5 Å². The molecule has 0 spiro atoms. The van der Waals surface area contributed by atoms with Crippen LogP contribution in [0.4, 0.5) is 0 Å². The lowest BCUT2D eigenvalue weighted by Crippen LogP contribution is -2.39. The molecule has 0 aliphatic heterocycles. The molecule has 1 rings (SSSR count). The van der Waals surface area contributed by atoms with Crippen molar-refractivity contribution >= 4 is 11.8 Å². The molecule has 80 valence electrons. The van der Waals surface area contributed by atoms with Gasteiger partial charge in [-0.1, -0.05) is 6.07 Å². The summed E-state index contributed by atoms with van der Waals surface area (Å²) in [5.41, 5.74) is 0.739. The summed E-state index contributed by atoms with van der Waals surface area (Å²) in [6, 6.07) is 3.52. The normalized spacial score (nSPS) is 9.80. The van der Waals surface area contributed by atoms with Gasteiger partial charge in [-0.15, -0.1) is 0 Å². The minimum absolute atomic E-state index is 0.211. The van der Waals surface area contributed by atoms with Crippen molar-refractivity contribution in [3.05, 3.63) is 30.1 Å². The molecule has 0 aliphatic rings. The number of carbonyl (C=O) groups is 2. The second-order valence-corrected chi connectivity index (χ2v) is 3.12. The molecule has 5 heteroatoms. The van der Waals surface area contributed by atoms with Gasteiger partial charge in [-0.3, -0.25) is 14.6 Å². The highest BCUT2D eigenvalue weighted by molar-refractivity contribution is 5.76. The van der Waals surface area contributed by atoms with E-state index in [-0.39, 0.29) is 11.8 Å². The van der Waals surface area contributed by atoms with E-state index in [4.69, 9.17) is 0 Å². The molecule has 0 saturated heterocycles. The Morgan fingerprint density at radius 3 is 2.27 bits per heavy atom. The second kappa shape index (κ2) is 5.09. The Kier molecular flexibility index (Phi) is 3.79. The lowest BCUT2D eigenvalue weighted by molar-refractivity contribution is -0.122. The van der Waals surface area contributed by atoms with E-state index in [9.17, 15) is 9.59 Å². The van der Waals surface area contributed by atoms with Crippen LogP contribution in [0.3, 0.4) is 0 Å². The van der Waals surface area contributed by atoms with Crippen LogP contribution in [0.2, 0.25) is 0 Å². The fourth-order valence-corrected chi connectivity index (χ4v) is 1.16. The number of carbonyl (C=O) groups excluding carboxylic acids is 2. The van der Waals surface area contributed by atoms with Gasteiger partial charge >= 0.3 is 0 Å². The van der Waals surface area contributed by atoms with Crippen molar-refractivity contribution in [3.63, 3.8) is 0 Å². The first-order valence-corrected chi connectivity index (χ1v) is 4.53. The summed E-state index contributed by atoms with van der Waals surface area (Å²) in [4.78, 5) is 25.8. The zero-order valence-corrected chi connectivity index (χ0v) is 8.65. The molecule has 0 aromatic carbocycles. The maximum atomic E-state index is 10.9. The SMILES string of the molecule is CC(=O)NC(NC(C)=O)c1cccnc1. The Labute approximate surface area is 87.9 Å². The van der Waals surface area contributed by atoms with Gasteiger partial charge in [-0.2, -0.15) is 0 Å². The predicted octanol–water partition coefficient (Wildman–Crippen LogP) is 0.352. The van der Waals surface area contributed by atoms with Crippen molar-refractivity contribution < 1.29 is 9.59 Å². The molecule has 15 heavy (non-hydrogen) atoms. The molecule has 0 fully saturated rings. The molecule has 2 N–H and O–H groups in total. The number of nitrogens with one attached hydrogen (secondary N) is 2. The molecule has 2 amide bonds. The summed E-state index contributed by atoms with van der Waals surface area (Å²) in [6.45, 7) is 2.79. The molecular formula is C10H13N3O2. The third-order valence-electron chi connectivity index (χ3n) is 1.71. The molecule has 0 bridgehead atoms. The lowest BCUT2D eigenvalue weighted by Gasteiger charge is -2.18. The van der Waals surface area contributed by atoms with E-state index in [0.29, 0.717) is 0 Å². The molecule has 0 radical (unpaired) electrons. The van der Waals surface area contributed by atoms with Crippen molar-refractivity contribution in [2.45, 2.75) is 20.0 Å². The predicted molar refractivity (Wildman–Crippen MR) is 54.6 cm³/mol. The summed E-state index contributed by atoms with van der Waals surface area (Å²) in [5, 5.41) is 5.23. The quantitative estimate of drug-likeness (QED) is 0.703. The van der Waals surface area contributed by atoms with E-state index in [0.717, 1.165) is 5.56 Å². The number of hydrogen-bond acceptors (Lipinski definition) is 3. The molecule has 0 unspecified atom stereocenters. The van der Waals surface area contributed by atoms with E-state index in [1.54, 1.807) is 24.5 Å². The summed E-state index contributed by atoms with van der Waals surface area (Å²) in [7, 11) is 0. The molecule has 5 nitrogen and oxygen atoms in total. The van der Waals surface area contributed by atoms with E-state index in [1.165, 1.54) is 13.8 Å². The van der Waals surface area contributed by atoms with E-state index in [2.05, 4.69) is 15.6 Å². The lowest BCUT2D eigenvalue weighted by atomic mass is 10.2. The van der Waals surface area contributed by atoms with Gasteiger partial charge in [0.05, 0.1) is 0 Å². The first kappa shape index (κ1) is 11.2. The number of nitrogens with zero attached hydrogens (tertiary/aromatic N) is 1. The van der Waals surface area contributed by atoms with Crippen LogP contribution in [-0.2, 0) is 9.59 Å². The van der Waals surface area contributed by atoms with Crippen LogP contribution in [-0.4, -0.2) is 16.8 Å². The Morgan fingerprint density at radius 2 is 1.87 bits per heavy atom. The standard InChI is InChI=1S/C10H13N3O2/c1-7(14)12-10(13-8(2)15)9-4-3-5-11-6-9/h3-6,10H,1-2H3,(H,12,14)(H,13,15). The smallest absolute Gasteiger partial charge is 0.218 e. The van der Waals surface area contributed by atoms with Crippen molar-refractivity contribution in [2.24, 2.45) is 0 Å². The third-order valence-corrected chi connectivity index (χ3v) is 1.71. The zero-order valence-electron chi connectivity index (χ0n) is 8.65. The third kappa shape index (κ3) is 3.76. The molecule has 1 aromatic rings. The fourth-order valence-electron chi connectivity index (χ4n) is 1.16. The Bertz CT molecular complexity index is 335. The van der Waals surface area contributed by atoms with Crippen molar-refractivity contribution in [1.29, 1.82) is 0 Å². The number of hydrogen-bond donors (Lipinski definition) is 2. The van der Waals surface area contributed by atoms with Crippen LogP contribution in [0, 0.1) is 0 Å². The largest absolute Gasteiger partial charge is 0.332 e. The van der Waals surface area contributed by atoms with Crippen molar-refractivity contribution in [3.8, 4) is 0 Å². The molecule has 1 heterocycles. The highest BCUT2D eigenvalue weighted by Crippen LogP contribution is 2.07. The van der Waals surface area contributed by atoms with Gasteiger partial charge in [-0.25, -0.2) is 0 Å². The van der Waals surface area contributed by atoms with E-state index < -0.39 is 6.17 Å². The van der Waals surface area contributed by atoms with Gasteiger partial charge < -0.3 is 10.6 Å². The first-order chi connectivity index (χ1) is 7.09. The van der Waals surface area contributed by atoms with Crippen LogP contribution in [0.1, 0.15) is 25.6 Å². The molecular weight excluding hydrogens is 194 g/mol. The minimum Gasteiger partial charge on any atom is -0.332 e. The van der Waals surface area contributed by atoms with Crippen LogP contribution in [0.5, 0.6) is 0 Å². The van der Waals surface area contributed by atoms with Gasteiger partial charge in [0, 0.05) is 31.8 Å². The van der Waals surface area contributed by atoms with Crippen LogP contribution < -0.4 is 10.6 Å². The molecule has 0 aliphatic carbocycles. The average molecular weight is 207 g/mol. The maximum Gasteiger partial charge on any atom is 0.218 e. The molecule has 0 atom stereocenters. The monoisotopic (exact) mass is 207 g/mol. The van der Waals surface area contributed by atoms with Crippen molar-refractivity contribution in [1.82, 2.24) is 15.6 Å². The summed E-state index contributed by atoms with van der Waals surface area (Å²) in [5.74, 6) is -0.421. The minimum atomic E-state index is -0.520. The Balaban J connectivity index is 2.81. The highest BCUT2D eigenvalue weighted by atomic mass is 16.2. The second-order valence-electron chi connectivity index (χ2n) is 3.12. The highest BCUT2D eigenvalue weighted by Gasteiger charge is 2.12. The first-order valence-electron chi connectivity index (χ1n) is 4.53. The van der Waals surface area contributed by atoms with Crippen LogP contribution in [0.25, 0.3) is 0 Å². The molecule has 0 saturated carbocycles. The van der Waals surface area contributed by atoms with E-state index >= 15 is 0 Å². The number of rotatable bonds is 3. The topological polar surface area (TPSA) is 71.1 Å². The fraction of sp³-hybridized carbons (Fsp3) is 0.300. The summed E-state index contributed by atoms with van der Waals surface area (Å²) < 4.78 is 0. The number of aromatic nitrogens is 1. The van der Waals surface area contributed by atoms with Crippen molar-refractivity contribution in [2.75, 3.05) is 0 Å². The Hall–Kier alpha value is -1.91. The average Bonchev–Trinajstić information content (AvgIpc) is 2.17. The van der Waals surface area contributed by atoms with Gasteiger partial charge in [0.1, 0.15) is 6.17 Å². The maximum absolute atomic E-state index is 10.9.